The molecule has 3 aliphatic heterocycles. The van der Waals surface area contributed by atoms with Crippen molar-refractivity contribution in [2.45, 2.75) is 141 Å². The van der Waals surface area contributed by atoms with Crippen molar-refractivity contribution >= 4 is 29.6 Å². The van der Waals surface area contributed by atoms with Crippen molar-refractivity contribution in [3.8, 4) is 11.8 Å². The number of carbonyl (C=O) groups is 5. The molecule has 1 amide bonds. The minimum absolute atomic E-state index is 0.0624. The molecule has 332 valence electrons. The number of fused-ring (bicyclic) bond motifs is 1. The summed E-state index contributed by atoms with van der Waals surface area (Å²) >= 11 is 0. The second-order valence-electron chi connectivity index (χ2n) is 17.2. The van der Waals surface area contributed by atoms with Crippen LogP contribution < -0.4 is 5.32 Å². The number of aromatic nitrogens is 2. The van der Waals surface area contributed by atoms with E-state index in [2.05, 4.69) is 27.1 Å². The van der Waals surface area contributed by atoms with Crippen molar-refractivity contribution in [1.29, 1.82) is 0 Å². The Hall–Kier alpha value is -4.82. The van der Waals surface area contributed by atoms with Gasteiger partial charge in [0.1, 0.15) is 18.5 Å². The largest absolute Gasteiger partial charge is 0.455 e. The number of hydrogen-bond acceptors (Lipinski definition) is 14. The van der Waals surface area contributed by atoms with E-state index in [0.717, 1.165) is 6.92 Å². The summed E-state index contributed by atoms with van der Waals surface area (Å²) in [5.74, 6) is -0.927. The maximum atomic E-state index is 17.1. The summed E-state index contributed by atoms with van der Waals surface area (Å²) in [6.07, 6.45) is -1.11. The van der Waals surface area contributed by atoms with Crippen LogP contribution in [0.15, 0.2) is 48.9 Å². The van der Waals surface area contributed by atoms with E-state index >= 15 is 4.39 Å². The van der Waals surface area contributed by atoms with Gasteiger partial charge in [0.2, 0.25) is 0 Å². The fourth-order valence-electron chi connectivity index (χ4n) is 8.83. The number of carbonyl (C=O) groups excluding carboxylic acids is 5. The highest BCUT2D eigenvalue weighted by molar-refractivity contribution is 6.08. The van der Waals surface area contributed by atoms with Crippen molar-refractivity contribution < 1.29 is 56.8 Å². The molecule has 0 unspecified atom stereocenters. The highest BCUT2D eigenvalue weighted by atomic mass is 19.1. The Morgan fingerprint density at radius 1 is 1.02 bits per heavy atom. The van der Waals surface area contributed by atoms with Crippen molar-refractivity contribution in [1.82, 2.24) is 20.2 Å². The molecule has 1 aromatic carbocycles. The Labute approximate surface area is 357 Å². The summed E-state index contributed by atoms with van der Waals surface area (Å²) in [5, 5.41) is 2.71. The molecule has 5 rings (SSSR count). The molecule has 13 atom stereocenters. The third-order valence-electron chi connectivity index (χ3n) is 12.2. The molecule has 0 spiro atoms. The van der Waals surface area contributed by atoms with Crippen LogP contribution >= 0.6 is 0 Å². The average Bonchev–Trinajstić information content (AvgIpc) is 3.55. The van der Waals surface area contributed by atoms with Gasteiger partial charge < -0.3 is 38.6 Å². The molecule has 0 saturated carbocycles. The average molecular weight is 851 g/mol. The predicted molar refractivity (Wildman–Crippen MR) is 218 cm³/mol. The van der Waals surface area contributed by atoms with Crippen LogP contribution in [0.1, 0.15) is 90.7 Å². The summed E-state index contributed by atoms with van der Waals surface area (Å²) in [6, 6.07) is 6.95. The number of nitrogens with zero attached hydrogens (tertiary/aromatic N) is 3. The third kappa shape index (κ3) is 10.5. The molecule has 61 heavy (non-hydrogen) atoms. The fraction of sp³-hybridized carbons (Fsp3) is 0.622. The fourth-order valence-corrected chi connectivity index (χ4v) is 8.83. The third-order valence-corrected chi connectivity index (χ3v) is 12.2. The quantitative estimate of drug-likeness (QED) is 0.157. The molecular weight excluding hydrogens is 792 g/mol. The van der Waals surface area contributed by atoms with Crippen LogP contribution in [0.3, 0.4) is 0 Å². The van der Waals surface area contributed by atoms with E-state index in [4.69, 9.17) is 28.4 Å². The second-order valence-corrected chi connectivity index (χ2v) is 17.2. The lowest BCUT2D eigenvalue weighted by Crippen LogP contribution is -2.62. The Balaban J connectivity index is 1.62. The number of benzene rings is 1. The molecule has 3 saturated heterocycles. The number of Topliss-reactive ketones (excluding diaryl/α,β-unsaturated/α-hetero) is 2. The molecule has 1 N–H and O–H groups in total. The van der Waals surface area contributed by atoms with E-state index in [0.29, 0.717) is 12.1 Å². The van der Waals surface area contributed by atoms with Crippen LogP contribution in [0, 0.1) is 29.6 Å². The van der Waals surface area contributed by atoms with Crippen molar-refractivity contribution in [2.75, 3.05) is 20.7 Å². The van der Waals surface area contributed by atoms with E-state index < -0.39 is 101 Å². The van der Waals surface area contributed by atoms with Gasteiger partial charge in [0.05, 0.1) is 47.6 Å². The number of nitrogens with one attached hydrogen (secondary N) is 1. The maximum Gasteiger partial charge on any atom is 0.408 e. The smallest absolute Gasteiger partial charge is 0.408 e. The summed E-state index contributed by atoms with van der Waals surface area (Å²) < 4.78 is 54.5. The molecule has 0 aliphatic carbocycles. The Morgan fingerprint density at radius 3 is 2.36 bits per heavy atom. The second kappa shape index (κ2) is 19.5. The highest BCUT2D eigenvalue weighted by Gasteiger charge is 2.59. The molecular formula is C45H59FN4O11. The van der Waals surface area contributed by atoms with Gasteiger partial charge >= 0.3 is 18.0 Å². The van der Waals surface area contributed by atoms with Crippen molar-refractivity contribution in [3.05, 3.63) is 60.2 Å². The minimum atomic E-state index is -3.25. The van der Waals surface area contributed by atoms with E-state index in [1.165, 1.54) is 13.8 Å². The molecule has 3 aliphatic rings. The number of ketones is 2. The minimum Gasteiger partial charge on any atom is -0.455 e. The standard InChI is InChI=1S/C45H59FN4O11/c1-11-33-45(8)36(49-42(55)61-45)28(4)34(51)26(2)24-43(6,56-22-16-15-19-31-25-47-20-21-48-31)38(29(5)37(52)44(7,46)41(54)58-33)60-40-35(32(50(9)10)23-27(3)57-40)59-39(53)30-17-13-12-14-18-30/h12-14,17-18,20-21,25-29,32-33,35-36,38,40H,11,19,22-24H2,1-10H3,(H,49,55)/t26-,27-,28+,29+,32+,33-,35-,36-,38-,40+,43-,44+,45-/m1/s1. The zero-order chi connectivity index (χ0) is 44.9. The zero-order valence-corrected chi connectivity index (χ0v) is 36.6. The SMILES string of the molecule is CC[C@H]1OC(=O)[C@@](C)(F)C(=O)[C@H](C)[C@@H](O[C@@H]2O[C@H](C)C[C@H](N(C)C)[C@H]2OC(=O)c2ccccc2)[C@](C)(OCC#CCc2cnccn2)C[C@@H](C)C(=O)[C@H](C)[C@H]2NC(=O)O[C@@]21C. The number of cyclic esters (lactones) is 1. The number of ether oxygens (including phenoxy) is 6. The lowest BCUT2D eigenvalue weighted by Gasteiger charge is -2.48. The molecule has 16 heteroatoms. The number of hydrogen-bond donors (Lipinski definition) is 1. The van der Waals surface area contributed by atoms with Gasteiger partial charge in [-0.1, -0.05) is 57.7 Å². The van der Waals surface area contributed by atoms with Crippen LogP contribution in [0.2, 0.25) is 0 Å². The van der Waals surface area contributed by atoms with Crippen LogP contribution in [0.5, 0.6) is 0 Å². The van der Waals surface area contributed by atoms with Gasteiger partial charge in [-0.25, -0.2) is 18.8 Å². The van der Waals surface area contributed by atoms with Gasteiger partial charge in [-0.05, 0) is 73.2 Å². The van der Waals surface area contributed by atoms with E-state index in [1.54, 1.807) is 76.6 Å². The first-order valence-corrected chi connectivity index (χ1v) is 20.8. The summed E-state index contributed by atoms with van der Waals surface area (Å²) in [7, 11) is 3.65. The Morgan fingerprint density at radius 2 is 1.72 bits per heavy atom. The van der Waals surface area contributed by atoms with Crippen molar-refractivity contribution in [2.24, 2.45) is 17.8 Å². The number of amides is 1. The summed E-state index contributed by atoms with van der Waals surface area (Å²) in [6.45, 7) is 11.9. The number of alkyl carbamates (subject to hydrolysis) is 1. The predicted octanol–water partition coefficient (Wildman–Crippen LogP) is 4.84. The number of esters is 2. The van der Waals surface area contributed by atoms with E-state index in [1.807, 2.05) is 25.9 Å². The van der Waals surface area contributed by atoms with Crippen molar-refractivity contribution in [3.63, 3.8) is 0 Å². The number of rotatable bonds is 9. The van der Waals surface area contributed by atoms with Gasteiger partial charge in [-0.3, -0.25) is 19.6 Å². The molecule has 2 aromatic rings. The Bertz CT molecular complexity index is 1960. The first-order chi connectivity index (χ1) is 28.7. The zero-order valence-electron chi connectivity index (χ0n) is 36.6. The van der Waals surface area contributed by atoms with Gasteiger partial charge in [-0.15, -0.1) is 0 Å². The normalized spacial score (nSPS) is 36.1. The first-order valence-electron chi connectivity index (χ1n) is 20.8. The maximum absolute atomic E-state index is 17.1. The molecule has 3 fully saturated rings. The molecule has 0 radical (unpaired) electrons. The molecule has 1 aromatic heterocycles. The monoisotopic (exact) mass is 850 g/mol. The van der Waals surface area contributed by atoms with Gasteiger partial charge in [0.15, 0.2) is 23.8 Å². The van der Waals surface area contributed by atoms with E-state index in [-0.39, 0.29) is 37.2 Å². The number of likely N-dealkylation sites (N-methyl/N-ethyl adjacent to an activating group) is 1. The first kappa shape index (κ1) is 47.2. The lowest BCUT2D eigenvalue weighted by molar-refractivity contribution is -0.296. The number of alkyl halides is 1. The van der Waals surface area contributed by atoms with Crippen LogP contribution in [-0.2, 0) is 49.2 Å². The number of halogens is 1. The van der Waals surface area contributed by atoms with Crippen LogP contribution in [0.4, 0.5) is 9.18 Å². The Kier molecular flexibility index (Phi) is 15.1. The van der Waals surface area contributed by atoms with Gasteiger partial charge in [0, 0.05) is 36.3 Å². The summed E-state index contributed by atoms with van der Waals surface area (Å²) in [5.41, 5.74) is -5.59. The van der Waals surface area contributed by atoms with Crippen LogP contribution in [0.25, 0.3) is 0 Å². The molecule has 4 heterocycles. The van der Waals surface area contributed by atoms with Crippen LogP contribution in [-0.4, -0.2) is 125 Å². The highest BCUT2D eigenvalue weighted by Crippen LogP contribution is 2.41. The topological polar surface area (TPSA) is 182 Å². The molecule has 0 bridgehead atoms. The van der Waals surface area contributed by atoms with Gasteiger partial charge in [0.25, 0.3) is 5.67 Å². The molecule has 15 nitrogen and oxygen atoms in total. The lowest BCUT2D eigenvalue weighted by atomic mass is 9.73. The van der Waals surface area contributed by atoms with Gasteiger partial charge in [-0.2, -0.15) is 0 Å². The summed E-state index contributed by atoms with van der Waals surface area (Å²) in [4.78, 5) is 79.7. The van der Waals surface area contributed by atoms with E-state index in [9.17, 15) is 24.0 Å².